The van der Waals surface area contributed by atoms with Crippen molar-refractivity contribution < 1.29 is 38.8 Å². The zero-order chi connectivity index (χ0) is 46.3. The van der Waals surface area contributed by atoms with Crippen LogP contribution >= 0.6 is 0 Å². The third-order valence-corrected chi connectivity index (χ3v) is 12.5. The van der Waals surface area contributed by atoms with Crippen LogP contribution in [-0.2, 0) is 55.6 Å². The van der Waals surface area contributed by atoms with Crippen molar-refractivity contribution in [3.8, 4) is 45.7 Å². The van der Waals surface area contributed by atoms with E-state index in [0.29, 0.717) is 69.4 Å². The first kappa shape index (κ1) is 44.5. The number of hydrogen-bond donors (Lipinski definition) is 3. The van der Waals surface area contributed by atoms with Crippen molar-refractivity contribution in [2.24, 2.45) is 0 Å². The number of aromatic nitrogens is 5. The lowest BCUT2D eigenvalue weighted by atomic mass is 9.85. The van der Waals surface area contributed by atoms with Gasteiger partial charge in [0.25, 0.3) is 12.0 Å². The molecule has 0 bridgehead atoms. The fraction of sp³-hybridized carbons (Fsp3) is 0.354. The number of aryl methyl sites for hydroxylation is 1. The summed E-state index contributed by atoms with van der Waals surface area (Å²) >= 11 is 0. The summed E-state index contributed by atoms with van der Waals surface area (Å²) in [6.45, 7) is 14.4. The number of aromatic hydroxyl groups is 2. The molecule has 1 fully saturated rings. The molecule has 0 saturated carbocycles. The number of carbonyl (C=O) groups is 3. The number of phenolic OH excluding ortho intramolecular Hbond substituents is 2. The molecule has 3 aliphatic rings. The highest BCUT2D eigenvalue weighted by Gasteiger charge is 2.49. The van der Waals surface area contributed by atoms with Crippen molar-refractivity contribution in [1.29, 1.82) is 0 Å². The van der Waals surface area contributed by atoms with Gasteiger partial charge in [0.2, 0.25) is 5.60 Å². The van der Waals surface area contributed by atoms with Gasteiger partial charge in [-0.25, -0.2) is 24.2 Å². The van der Waals surface area contributed by atoms with Gasteiger partial charge in [0.05, 0.1) is 40.3 Å². The normalized spacial score (nSPS) is 16.9. The highest BCUT2D eigenvalue weighted by molar-refractivity contribution is 5.90. The Bertz CT molecular complexity index is 2960. The number of nitrogens with one attached hydrogen (secondary N) is 1. The van der Waals surface area contributed by atoms with Crippen LogP contribution in [0.2, 0.25) is 0 Å². The second kappa shape index (κ2) is 17.8. The average molecular weight is 886 g/mol. The number of ether oxygens (including phenoxy) is 3. The summed E-state index contributed by atoms with van der Waals surface area (Å²) in [4.78, 5) is 71.0. The van der Waals surface area contributed by atoms with E-state index in [9.17, 15) is 34.2 Å². The van der Waals surface area contributed by atoms with Crippen LogP contribution in [-0.4, -0.2) is 96.0 Å². The Hall–Kier alpha value is -7.11. The van der Waals surface area contributed by atoms with Gasteiger partial charge in [-0.05, 0) is 85.0 Å². The number of benzene rings is 3. The Balaban J connectivity index is 0.000000178. The Morgan fingerprint density at radius 1 is 0.969 bits per heavy atom. The number of esters is 2. The summed E-state index contributed by atoms with van der Waals surface area (Å²) in [7, 11) is 2.14. The Labute approximate surface area is 373 Å². The molecule has 3 aliphatic heterocycles. The van der Waals surface area contributed by atoms with Gasteiger partial charge in [0.15, 0.2) is 5.82 Å². The molecule has 17 nitrogen and oxygen atoms in total. The predicted molar refractivity (Wildman–Crippen MR) is 240 cm³/mol. The number of H-pyrrole nitrogens is 1. The standard InChI is InChI=1S/C25H22N2O7.C23H29N5O3/c1-4-15-16-8-14(34-13(3)29)6-7-20(16)26-22-17(15)10-27-21(22)9-19-18(23(27)30)11-32-24(31)25(19,5-2)33-12-28;1-15(2)18-12-19(21(30)13-20(18)29)22-24-25-23(31)28(22)17-6-4-16(5-7-17)14-27-10-8-26(3)9-11-27/h6-9,12H,4-5,10-11H2,1-3H3;4-7,12-13,15,29-30H,8-11,14H2,1-3H3,(H,25,31). The van der Waals surface area contributed by atoms with E-state index in [-0.39, 0.29) is 48.2 Å². The molecule has 65 heavy (non-hydrogen) atoms. The number of aromatic amines is 1. The third-order valence-electron chi connectivity index (χ3n) is 12.5. The molecular weight excluding hydrogens is 835 g/mol. The van der Waals surface area contributed by atoms with Crippen molar-refractivity contribution in [2.45, 2.75) is 78.7 Å². The number of phenols is 2. The van der Waals surface area contributed by atoms with Crippen LogP contribution in [0.3, 0.4) is 0 Å². The molecule has 6 heterocycles. The number of hydrogen-bond acceptors (Lipinski definition) is 14. The number of pyridine rings is 2. The summed E-state index contributed by atoms with van der Waals surface area (Å²) < 4.78 is 18.8. The lowest BCUT2D eigenvalue weighted by Gasteiger charge is -2.34. The van der Waals surface area contributed by atoms with Crippen LogP contribution in [0.1, 0.15) is 80.3 Å². The van der Waals surface area contributed by atoms with Gasteiger partial charge >= 0.3 is 17.6 Å². The zero-order valence-electron chi connectivity index (χ0n) is 37.1. The largest absolute Gasteiger partial charge is 0.508 e. The van der Waals surface area contributed by atoms with Gasteiger partial charge in [-0.15, -0.1) is 0 Å². The molecule has 3 N–H and O–H groups in total. The van der Waals surface area contributed by atoms with Crippen LogP contribution in [0.5, 0.6) is 17.2 Å². The van der Waals surface area contributed by atoms with Gasteiger partial charge in [0, 0.05) is 62.2 Å². The molecule has 0 aliphatic carbocycles. The van der Waals surface area contributed by atoms with E-state index in [2.05, 4.69) is 27.0 Å². The monoisotopic (exact) mass is 885 g/mol. The molecule has 17 heteroatoms. The number of likely N-dealkylation sites (N-methyl/N-ethyl adjacent to an activating group) is 1. The maximum absolute atomic E-state index is 13.5. The summed E-state index contributed by atoms with van der Waals surface area (Å²) in [5.41, 5.74) is 4.94. The molecule has 338 valence electrons. The van der Waals surface area contributed by atoms with E-state index in [1.165, 1.54) is 23.1 Å². The van der Waals surface area contributed by atoms with E-state index in [1.54, 1.807) is 41.8 Å². The third kappa shape index (κ3) is 8.16. The molecule has 1 saturated heterocycles. The second-order valence-corrected chi connectivity index (χ2v) is 16.8. The quantitative estimate of drug-likeness (QED) is 0.0910. The fourth-order valence-electron chi connectivity index (χ4n) is 9.01. The van der Waals surface area contributed by atoms with Gasteiger partial charge in [-0.1, -0.05) is 39.8 Å². The molecule has 3 aromatic carbocycles. The molecule has 0 radical (unpaired) electrons. The Morgan fingerprint density at radius 2 is 1.71 bits per heavy atom. The van der Waals surface area contributed by atoms with E-state index in [0.717, 1.165) is 49.2 Å². The highest BCUT2D eigenvalue weighted by Crippen LogP contribution is 2.42. The summed E-state index contributed by atoms with van der Waals surface area (Å²) in [5.74, 6) is -0.444. The van der Waals surface area contributed by atoms with Crippen molar-refractivity contribution in [1.82, 2.24) is 34.1 Å². The second-order valence-electron chi connectivity index (χ2n) is 16.8. The first-order valence-electron chi connectivity index (χ1n) is 21.6. The first-order chi connectivity index (χ1) is 31.2. The van der Waals surface area contributed by atoms with Crippen LogP contribution in [0.25, 0.3) is 39.4 Å². The number of fused-ring (bicyclic) bond motifs is 5. The predicted octanol–water partition coefficient (Wildman–Crippen LogP) is 5.26. The number of carbonyl (C=O) groups excluding carboxylic acids is 3. The van der Waals surface area contributed by atoms with Crippen molar-refractivity contribution in [3.63, 3.8) is 0 Å². The zero-order valence-corrected chi connectivity index (χ0v) is 37.1. The maximum atomic E-state index is 13.5. The molecule has 3 aromatic heterocycles. The molecular formula is C48H51N7O10. The summed E-state index contributed by atoms with van der Waals surface area (Å²) in [6.07, 6.45) is 0.791. The Morgan fingerprint density at radius 3 is 2.37 bits per heavy atom. The molecule has 0 amide bonds. The van der Waals surface area contributed by atoms with E-state index < -0.39 is 17.5 Å². The van der Waals surface area contributed by atoms with Crippen LogP contribution in [0, 0.1) is 0 Å². The fourth-order valence-corrected chi connectivity index (χ4v) is 9.01. The summed E-state index contributed by atoms with van der Waals surface area (Å²) in [5, 5.41) is 28.1. The van der Waals surface area contributed by atoms with Crippen LogP contribution in [0.4, 0.5) is 0 Å². The number of piperazine rings is 1. The number of cyclic esters (lactones) is 1. The van der Waals surface area contributed by atoms with Crippen LogP contribution < -0.4 is 16.0 Å². The molecule has 6 aromatic rings. The Kier molecular flexibility index (Phi) is 12.2. The topological polar surface area (TPSA) is 211 Å². The minimum Gasteiger partial charge on any atom is -0.508 e. The van der Waals surface area contributed by atoms with E-state index >= 15 is 0 Å². The summed E-state index contributed by atoms with van der Waals surface area (Å²) in [6, 6.07) is 17.8. The van der Waals surface area contributed by atoms with Gasteiger partial charge < -0.3 is 33.9 Å². The molecule has 0 spiro atoms. The van der Waals surface area contributed by atoms with Crippen LogP contribution in [0.15, 0.2) is 70.3 Å². The van der Waals surface area contributed by atoms with E-state index in [4.69, 9.17) is 19.2 Å². The lowest BCUT2D eigenvalue weighted by molar-refractivity contribution is -0.182. The average Bonchev–Trinajstić information content (AvgIpc) is 3.85. The van der Waals surface area contributed by atoms with Gasteiger partial charge in [-0.2, -0.15) is 5.10 Å². The molecule has 1 unspecified atom stereocenters. The molecule has 9 rings (SSSR count). The van der Waals surface area contributed by atoms with Crippen molar-refractivity contribution >= 4 is 29.3 Å². The first-order valence-corrected chi connectivity index (χ1v) is 21.6. The van der Waals surface area contributed by atoms with Gasteiger partial charge in [-0.3, -0.25) is 19.3 Å². The van der Waals surface area contributed by atoms with Gasteiger partial charge in [0.1, 0.15) is 23.9 Å². The van der Waals surface area contributed by atoms with E-state index in [1.807, 2.05) is 45.0 Å². The minimum absolute atomic E-state index is 0.0222. The number of rotatable bonds is 10. The smallest absolute Gasteiger partial charge is 0.355 e. The van der Waals surface area contributed by atoms with Crippen molar-refractivity contribution in [2.75, 3.05) is 33.2 Å². The minimum atomic E-state index is -1.67. The SMILES string of the molecule is CC(C)c1cc(-c2n[nH]c(=O)n2-c2ccc(CN3CCN(C)CC3)cc2)c(O)cc1O.CCc1c2c(nc3ccc(OC(C)=O)cc13)-c1cc3c(c(=O)n1C2)COC(=O)C3(CC)OC=O. The molecule has 1 atom stereocenters. The lowest BCUT2D eigenvalue weighted by Crippen LogP contribution is -2.46. The highest BCUT2D eigenvalue weighted by atomic mass is 16.6. The number of nitrogens with zero attached hydrogens (tertiary/aromatic N) is 6. The van der Waals surface area contributed by atoms with Crippen molar-refractivity contribution in [3.05, 3.63) is 115 Å². The maximum Gasteiger partial charge on any atom is 0.355 e.